The molecule has 0 bridgehead atoms. The fraction of sp³-hybridized carbons (Fsp3) is 0.364. The zero-order chi connectivity index (χ0) is 11.8. The summed E-state index contributed by atoms with van der Waals surface area (Å²) in [6, 6.07) is 3.77. The van der Waals surface area contributed by atoms with E-state index in [0.29, 0.717) is 18.4 Å². The van der Waals surface area contributed by atoms with Gasteiger partial charge in [0.05, 0.1) is 5.56 Å². The van der Waals surface area contributed by atoms with Crippen LogP contribution in [0.1, 0.15) is 17.5 Å². The lowest BCUT2D eigenvalue weighted by Gasteiger charge is -2.07. The van der Waals surface area contributed by atoms with Crippen LogP contribution in [0.5, 0.6) is 0 Å². The molecular weight excluding hydrogens is 237 g/mol. The summed E-state index contributed by atoms with van der Waals surface area (Å²) < 4.78 is 37.3. The molecule has 16 heavy (non-hydrogen) atoms. The predicted molar refractivity (Wildman–Crippen MR) is 55.5 cm³/mol. The summed E-state index contributed by atoms with van der Waals surface area (Å²) in [5, 5.41) is 0.0935. The minimum atomic E-state index is -4.29. The molecule has 0 N–H and O–H groups in total. The Hall–Kier alpha value is -0.970. The number of thioether (sulfide) groups is 1. The first kappa shape index (κ1) is 11.5. The van der Waals surface area contributed by atoms with Gasteiger partial charge >= 0.3 is 6.18 Å². The van der Waals surface area contributed by atoms with Crippen molar-refractivity contribution < 1.29 is 18.0 Å². The Bertz CT molecular complexity index is 414. The van der Waals surface area contributed by atoms with Gasteiger partial charge in [0, 0.05) is 16.6 Å². The predicted octanol–water partition coefficient (Wildman–Crippen LogP) is 3.31. The fourth-order valence-corrected chi connectivity index (χ4v) is 2.97. The van der Waals surface area contributed by atoms with Crippen LogP contribution >= 0.6 is 11.8 Å². The molecule has 86 valence electrons. The van der Waals surface area contributed by atoms with Crippen LogP contribution in [0, 0.1) is 0 Å². The molecule has 0 amide bonds. The number of alkyl halides is 3. The van der Waals surface area contributed by atoms with Crippen LogP contribution in [-0.2, 0) is 17.4 Å². The Morgan fingerprint density at radius 2 is 2.19 bits per heavy atom. The monoisotopic (exact) mass is 246 g/mol. The van der Waals surface area contributed by atoms with Crippen LogP contribution in [0.25, 0.3) is 0 Å². The third-order valence-corrected chi connectivity index (χ3v) is 3.83. The first-order chi connectivity index (χ1) is 7.50. The molecule has 1 aliphatic heterocycles. The standard InChI is InChI=1S/C11H9F3OS/c12-11(13,14)8-1-2-10-7(5-8)6-9(16-10)3-4-15/h1-2,4-5,9H,3,6H2. The number of hydrogen-bond donors (Lipinski definition) is 0. The number of benzene rings is 1. The molecule has 1 heterocycles. The second kappa shape index (κ2) is 4.13. The summed E-state index contributed by atoms with van der Waals surface area (Å²) in [5.74, 6) is 0. The van der Waals surface area contributed by atoms with Crippen molar-refractivity contribution in [2.45, 2.75) is 29.2 Å². The molecule has 1 aliphatic rings. The molecule has 0 radical (unpaired) electrons. The minimum Gasteiger partial charge on any atom is -0.303 e. The summed E-state index contributed by atoms with van der Waals surface area (Å²) in [6.45, 7) is 0. The molecule has 1 atom stereocenters. The van der Waals surface area contributed by atoms with E-state index >= 15 is 0 Å². The van der Waals surface area contributed by atoms with Gasteiger partial charge in [-0.2, -0.15) is 13.2 Å². The third-order valence-electron chi connectivity index (χ3n) is 2.49. The average Bonchev–Trinajstić information content (AvgIpc) is 2.57. The zero-order valence-electron chi connectivity index (χ0n) is 8.25. The van der Waals surface area contributed by atoms with Crippen molar-refractivity contribution in [3.8, 4) is 0 Å². The molecule has 5 heteroatoms. The van der Waals surface area contributed by atoms with Crippen molar-refractivity contribution in [2.24, 2.45) is 0 Å². The average molecular weight is 246 g/mol. The lowest BCUT2D eigenvalue weighted by Crippen LogP contribution is -2.05. The lowest BCUT2D eigenvalue weighted by molar-refractivity contribution is -0.137. The Morgan fingerprint density at radius 1 is 1.44 bits per heavy atom. The second-order valence-electron chi connectivity index (χ2n) is 3.67. The zero-order valence-corrected chi connectivity index (χ0v) is 9.07. The Kier molecular flexibility index (Phi) is 2.97. The number of rotatable bonds is 2. The van der Waals surface area contributed by atoms with Gasteiger partial charge in [-0.05, 0) is 30.2 Å². The van der Waals surface area contributed by atoms with Crippen LogP contribution < -0.4 is 0 Å². The number of carbonyl (C=O) groups is 1. The smallest absolute Gasteiger partial charge is 0.303 e. The van der Waals surface area contributed by atoms with E-state index in [-0.39, 0.29) is 5.25 Å². The maximum Gasteiger partial charge on any atom is 0.416 e. The Labute approximate surface area is 95.0 Å². The third kappa shape index (κ3) is 2.24. The maximum atomic E-state index is 12.4. The lowest BCUT2D eigenvalue weighted by atomic mass is 10.1. The van der Waals surface area contributed by atoms with Crippen LogP contribution in [0.4, 0.5) is 13.2 Å². The number of aldehydes is 1. The highest BCUT2D eigenvalue weighted by Crippen LogP contribution is 2.41. The highest BCUT2D eigenvalue weighted by atomic mass is 32.2. The summed E-state index contributed by atoms with van der Waals surface area (Å²) in [5.41, 5.74) is 0.0882. The number of halogens is 3. The minimum absolute atomic E-state index is 0.0935. The molecular formula is C11H9F3OS. The topological polar surface area (TPSA) is 17.1 Å². The van der Waals surface area contributed by atoms with Gasteiger partial charge in [0.15, 0.2) is 0 Å². The molecule has 1 aromatic rings. The summed E-state index contributed by atoms with van der Waals surface area (Å²) in [6.07, 6.45) is -2.54. The molecule has 0 saturated carbocycles. The highest BCUT2D eigenvalue weighted by molar-refractivity contribution is 8.00. The van der Waals surface area contributed by atoms with Gasteiger partial charge in [-0.15, -0.1) is 11.8 Å². The first-order valence-corrected chi connectivity index (χ1v) is 5.69. The van der Waals surface area contributed by atoms with Crippen LogP contribution in [0.2, 0.25) is 0 Å². The van der Waals surface area contributed by atoms with E-state index in [1.165, 1.54) is 23.9 Å². The van der Waals surface area contributed by atoms with Crippen molar-refractivity contribution >= 4 is 18.0 Å². The van der Waals surface area contributed by atoms with Crippen molar-refractivity contribution in [2.75, 3.05) is 0 Å². The molecule has 1 aromatic carbocycles. The highest BCUT2D eigenvalue weighted by Gasteiger charge is 2.32. The summed E-state index contributed by atoms with van der Waals surface area (Å²) in [7, 11) is 0. The Morgan fingerprint density at radius 3 is 2.81 bits per heavy atom. The molecule has 0 fully saturated rings. The van der Waals surface area contributed by atoms with Crippen LogP contribution in [0.15, 0.2) is 23.1 Å². The van der Waals surface area contributed by atoms with E-state index in [1.807, 2.05) is 0 Å². The van der Waals surface area contributed by atoms with Crippen LogP contribution in [0.3, 0.4) is 0 Å². The molecule has 1 nitrogen and oxygen atoms in total. The molecule has 0 aliphatic carbocycles. The van der Waals surface area contributed by atoms with E-state index in [0.717, 1.165) is 17.2 Å². The van der Waals surface area contributed by atoms with Crippen LogP contribution in [-0.4, -0.2) is 11.5 Å². The van der Waals surface area contributed by atoms with E-state index in [2.05, 4.69) is 0 Å². The van der Waals surface area contributed by atoms with Crippen molar-refractivity contribution in [1.82, 2.24) is 0 Å². The van der Waals surface area contributed by atoms with Crippen molar-refractivity contribution in [3.05, 3.63) is 29.3 Å². The maximum absolute atomic E-state index is 12.4. The van der Waals surface area contributed by atoms with Gasteiger partial charge in [-0.1, -0.05) is 0 Å². The van der Waals surface area contributed by atoms with E-state index in [9.17, 15) is 18.0 Å². The van der Waals surface area contributed by atoms with Gasteiger partial charge in [-0.25, -0.2) is 0 Å². The quantitative estimate of drug-likeness (QED) is 0.745. The SMILES string of the molecule is O=CCC1Cc2cc(C(F)(F)F)ccc2S1. The molecule has 1 unspecified atom stereocenters. The number of hydrogen-bond acceptors (Lipinski definition) is 2. The van der Waals surface area contributed by atoms with Gasteiger partial charge in [0.1, 0.15) is 6.29 Å². The first-order valence-electron chi connectivity index (χ1n) is 4.81. The van der Waals surface area contributed by atoms with Gasteiger partial charge in [0.25, 0.3) is 0 Å². The molecule has 0 saturated heterocycles. The van der Waals surface area contributed by atoms with Gasteiger partial charge < -0.3 is 4.79 Å². The van der Waals surface area contributed by atoms with Gasteiger partial charge in [-0.3, -0.25) is 0 Å². The normalized spacial score (nSPS) is 19.6. The van der Waals surface area contributed by atoms with Gasteiger partial charge in [0.2, 0.25) is 0 Å². The van der Waals surface area contributed by atoms with Crippen molar-refractivity contribution in [1.29, 1.82) is 0 Å². The van der Waals surface area contributed by atoms with E-state index in [1.54, 1.807) is 0 Å². The number of carbonyl (C=O) groups excluding carboxylic acids is 1. The van der Waals surface area contributed by atoms with E-state index < -0.39 is 11.7 Å². The fourth-order valence-electron chi connectivity index (χ4n) is 1.74. The number of fused-ring (bicyclic) bond motifs is 1. The molecule has 0 aromatic heterocycles. The van der Waals surface area contributed by atoms with Crippen molar-refractivity contribution in [3.63, 3.8) is 0 Å². The molecule has 2 rings (SSSR count). The largest absolute Gasteiger partial charge is 0.416 e. The summed E-state index contributed by atoms with van der Waals surface area (Å²) in [4.78, 5) is 11.2. The second-order valence-corrected chi connectivity index (χ2v) is 5.01. The summed E-state index contributed by atoms with van der Waals surface area (Å²) >= 11 is 1.48. The van der Waals surface area contributed by atoms with E-state index in [4.69, 9.17) is 0 Å². The Balaban J connectivity index is 2.24. The molecule has 0 spiro atoms.